The lowest BCUT2D eigenvalue weighted by molar-refractivity contribution is 0.0953. The van der Waals surface area contributed by atoms with Crippen LogP contribution in [0.15, 0.2) is 18.2 Å². The van der Waals surface area contributed by atoms with E-state index in [1.165, 1.54) is 6.07 Å². The van der Waals surface area contributed by atoms with E-state index in [-0.39, 0.29) is 0 Å². The number of carbonyl (C=O) groups is 2. The second-order valence-corrected chi connectivity index (χ2v) is 2.98. The molecular formula is C9H12N4O2. The van der Waals surface area contributed by atoms with Crippen molar-refractivity contribution >= 4 is 11.8 Å². The third-order valence-corrected chi connectivity index (χ3v) is 2.01. The first-order valence-corrected chi connectivity index (χ1v) is 4.22. The van der Waals surface area contributed by atoms with Crippen molar-refractivity contribution < 1.29 is 9.59 Å². The van der Waals surface area contributed by atoms with E-state index < -0.39 is 11.8 Å². The largest absolute Gasteiger partial charge is 0.290 e. The normalized spacial score (nSPS) is 9.53. The van der Waals surface area contributed by atoms with Crippen LogP contribution in [-0.4, -0.2) is 11.8 Å². The van der Waals surface area contributed by atoms with Crippen molar-refractivity contribution in [1.29, 1.82) is 0 Å². The zero-order valence-corrected chi connectivity index (χ0v) is 8.20. The summed E-state index contributed by atoms with van der Waals surface area (Å²) in [5.41, 5.74) is 5.37. The van der Waals surface area contributed by atoms with Crippen LogP contribution in [-0.2, 0) is 0 Å². The maximum absolute atomic E-state index is 11.3. The highest BCUT2D eigenvalue weighted by Gasteiger charge is 2.11. The van der Waals surface area contributed by atoms with Crippen molar-refractivity contribution in [2.24, 2.45) is 11.7 Å². The number of hydrogen-bond donors (Lipinski definition) is 4. The van der Waals surface area contributed by atoms with Gasteiger partial charge in [0.25, 0.3) is 11.8 Å². The van der Waals surface area contributed by atoms with Crippen LogP contribution < -0.4 is 22.5 Å². The highest BCUT2D eigenvalue weighted by molar-refractivity contribution is 6.00. The molecule has 6 nitrogen and oxygen atoms in total. The lowest BCUT2D eigenvalue weighted by Gasteiger charge is -2.06. The molecule has 0 heterocycles. The Bertz CT molecular complexity index is 403. The number of rotatable bonds is 2. The van der Waals surface area contributed by atoms with Crippen molar-refractivity contribution in [3.05, 3.63) is 34.9 Å². The number of carbonyl (C=O) groups excluding carboxylic acids is 2. The predicted molar refractivity (Wildman–Crippen MR) is 54.5 cm³/mol. The molecule has 1 aromatic rings. The fourth-order valence-electron chi connectivity index (χ4n) is 1.17. The second kappa shape index (κ2) is 4.54. The zero-order chi connectivity index (χ0) is 11.4. The maximum atomic E-state index is 11.3. The molecule has 0 aliphatic rings. The minimum Gasteiger partial charge on any atom is -0.290 e. The predicted octanol–water partition coefficient (Wildman–Crippen LogP) is -0.798. The van der Waals surface area contributed by atoms with E-state index in [1.807, 2.05) is 10.9 Å². The molecule has 0 saturated heterocycles. The van der Waals surface area contributed by atoms with Crippen molar-refractivity contribution in [3.8, 4) is 0 Å². The van der Waals surface area contributed by atoms with E-state index in [4.69, 9.17) is 11.7 Å². The van der Waals surface area contributed by atoms with Gasteiger partial charge in [0.05, 0.1) is 0 Å². The smallest absolute Gasteiger partial charge is 0.265 e. The van der Waals surface area contributed by atoms with E-state index in [1.54, 1.807) is 19.1 Å². The molecule has 0 saturated carbocycles. The zero-order valence-electron chi connectivity index (χ0n) is 8.20. The van der Waals surface area contributed by atoms with Gasteiger partial charge in [0.2, 0.25) is 0 Å². The first kappa shape index (κ1) is 11.2. The Morgan fingerprint density at radius 3 is 2.27 bits per heavy atom. The highest BCUT2D eigenvalue weighted by atomic mass is 16.2. The molecule has 6 heteroatoms. The van der Waals surface area contributed by atoms with Gasteiger partial charge in [-0.2, -0.15) is 0 Å². The number of hydrogen-bond acceptors (Lipinski definition) is 4. The van der Waals surface area contributed by atoms with Gasteiger partial charge < -0.3 is 0 Å². The number of nitrogen functional groups attached to an aromatic ring is 2. The SMILES string of the molecule is Cc1ccc(C(=O)NN)cc1C(=O)NN. The van der Waals surface area contributed by atoms with Gasteiger partial charge in [-0.25, -0.2) is 11.7 Å². The van der Waals surface area contributed by atoms with Crippen LogP contribution in [0.25, 0.3) is 0 Å². The summed E-state index contributed by atoms with van der Waals surface area (Å²) in [7, 11) is 0. The van der Waals surface area contributed by atoms with Crippen LogP contribution in [0.5, 0.6) is 0 Å². The monoisotopic (exact) mass is 208 g/mol. The third kappa shape index (κ3) is 2.30. The molecule has 0 radical (unpaired) electrons. The van der Waals surface area contributed by atoms with Gasteiger partial charge in [-0.3, -0.25) is 20.4 Å². The van der Waals surface area contributed by atoms with Gasteiger partial charge in [0, 0.05) is 11.1 Å². The van der Waals surface area contributed by atoms with Crippen LogP contribution in [0, 0.1) is 6.92 Å². The summed E-state index contributed by atoms with van der Waals surface area (Å²) in [4.78, 5) is 22.5. The molecule has 0 fully saturated rings. The number of nitrogens with one attached hydrogen (secondary N) is 2. The van der Waals surface area contributed by atoms with Gasteiger partial charge in [0.1, 0.15) is 0 Å². The summed E-state index contributed by atoms with van der Waals surface area (Å²) in [6, 6.07) is 4.65. The van der Waals surface area contributed by atoms with E-state index in [9.17, 15) is 9.59 Å². The Labute approximate surface area is 86.6 Å². The molecular weight excluding hydrogens is 196 g/mol. The van der Waals surface area contributed by atoms with Crippen molar-refractivity contribution in [1.82, 2.24) is 10.9 Å². The quantitative estimate of drug-likeness (QED) is 0.290. The van der Waals surface area contributed by atoms with E-state index in [0.29, 0.717) is 11.1 Å². The molecule has 6 N–H and O–H groups in total. The average molecular weight is 208 g/mol. The number of aryl methyl sites for hydroxylation is 1. The Hall–Kier alpha value is -1.92. The first-order chi connectivity index (χ1) is 7.10. The topological polar surface area (TPSA) is 110 Å². The molecule has 0 aliphatic carbocycles. The summed E-state index contributed by atoms with van der Waals surface area (Å²) in [5.74, 6) is 9.08. The summed E-state index contributed by atoms with van der Waals surface area (Å²) in [6.07, 6.45) is 0. The average Bonchev–Trinajstić information content (AvgIpc) is 2.27. The molecule has 1 aromatic carbocycles. The van der Waals surface area contributed by atoms with Crippen molar-refractivity contribution in [2.75, 3.05) is 0 Å². The van der Waals surface area contributed by atoms with E-state index in [0.717, 1.165) is 5.56 Å². The van der Waals surface area contributed by atoms with Crippen molar-refractivity contribution in [3.63, 3.8) is 0 Å². The fourth-order valence-corrected chi connectivity index (χ4v) is 1.17. The Balaban J connectivity index is 3.16. The minimum absolute atomic E-state index is 0.307. The second-order valence-electron chi connectivity index (χ2n) is 2.98. The summed E-state index contributed by atoms with van der Waals surface area (Å²) in [6.45, 7) is 1.74. The van der Waals surface area contributed by atoms with E-state index >= 15 is 0 Å². The van der Waals surface area contributed by atoms with Crippen LogP contribution >= 0.6 is 0 Å². The molecule has 0 aromatic heterocycles. The Morgan fingerprint density at radius 1 is 1.13 bits per heavy atom. The first-order valence-electron chi connectivity index (χ1n) is 4.22. The summed E-state index contributed by atoms with van der Waals surface area (Å²) < 4.78 is 0. The number of amides is 2. The summed E-state index contributed by atoms with van der Waals surface area (Å²) >= 11 is 0. The molecule has 0 bridgehead atoms. The fraction of sp³-hybridized carbons (Fsp3) is 0.111. The molecule has 1 rings (SSSR count). The standard InChI is InChI=1S/C9H12N4O2/c1-5-2-3-6(8(14)12-10)4-7(5)9(15)13-11/h2-4H,10-11H2,1H3,(H,12,14)(H,13,15). The number of benzene rings is 1. The van der Waals surface area contributed by atoms with Gasteiger partial charge >= 0.3 is 0 Å². The van der Waals surface area contributed by atoms with Gasteiger partial charge in [-0.05, 0) is 24.6 Å². The molecule has 0 atom stereocenters. The number of hydrazine groups is 2. The summed E-state index contributed by atoms with van der Waals surface area (Å²) in [5, 5.41) is 0. The molecule has 0 aliphatic heterocycles. The minimum atomic E-state index is -0.457. The molecule has 80 valence electrons. The van der Waals surface area contributed by atoms with Crippen LogP contribution in [0.4, 0.5) is 0 Å². The molecule has 0 spiro atoms. The molecule has 15 heavy (non-hydrogen) atoms. The highest BCUT2D eigenvalue weighted by Crippen LogP contribution is 2.10. The number of nitrogens with two attached hydrogens (primary N) is 2. The lowest BCUT2D eigenvalue weighted by atomic mass is 10.0. The Kier molecular flexibility index (Phi) is 3.37. The molecule has 2 amide bonds. The van der Waals surface area contributed by atoms with Gasteiger partial charge in [0.15, 0.2) is 0 Å². The molecule has 0 unspecified atom stereocenters. The van der Waals surface area contributed by atoms with Crippen molar-refractivity contribution in [2.45, 2.75) is 6.92 Å². The van der Waals surface area contributed by atoms with E-state index in [2.05, 4.69) is 0 Å². The lowest BCUT2D eigenvalue weighted by Crippen LogP contribution is -2.32. The van der Waals surface area contributed by atoms with Crippen LogP contribution in [0.3, 0.4) is 0 Å². The third-order valence-electron chi connectivity index (χ3n) is 2.01. The van der Waals surface area contributed by atoms with Crippen LogP contribution in [0.2, 0.25) is 0 Å². The van der Waals surface area contributed by atoms with Crippen LogP contribution in [0.1, 0.15) is 26.3 Å². The maximum Gasteiger partial charge on any atom is 0.265 e. The van der Waals surface area contributed by atoms with Gasteiger partial charge in [-0.15, -0.1) is 0 Å². The van der Waals surface area contributed by atoms with Gasteiger partial charge in [-0.1, -0.05) is 6.07 Å². The Morgan fingerprint density at radius 2 is 1.73 bits per heavy atom.